The molecule has 0 radical (unpaired) electrons. The number of piperazine rings is 1. The highest BCUT2D eigenvalue weighted by molar-refractivity contribution is 6.23. The number of phenols is 3. The highest BCUT2D eigenvalue weighted by Gasteiger charge is 2.50. The zero-order chi connectivity index (χ0) is 47.5. The number of anilines is 1. The molecule has 1 fully saturated rings. The molecule has 5 bridgehead atoms. The van der Waals surface area contributed by atoms with E-state index in [2.05, 4.69) is 27.5 Å². The largest absolute Gasteiger partial charge is 0.507 e. The molecular formula is C49H62N4O12. The van der Waals surface area contributed by atoms with Crippen LogP contribution >= 0.6 is 0 Å². The number of methoxy groups -OCH3 is 1. The second kappa shape index (κ2) is 20.1. The van der Waals surface area contributed by atoms with Gasteiger partial charge in [-0.25, -0.2) is 0 Å². The van der Waals surface area contributed by atoms with Gasteiger partial charge < -0.3 is 49.8 Å². The van der Waals surface area contributed by atoms with Gasteiger partial charge in [-0.3, -0.25) is 24.3 Å². The number of hydrazone groups is 1. The minimum absolute atomic E-state index is 0.0522. The first-order valence-corrected chi connectivity index (χ1v) is 21.9. The number of ketones is 1. The Morgan fingerprint density at radius 3 is 2.25 bits per heavy atom. The lowest BCUT2D eigenvalue weighted by Crippen LogP contribution is -2.46. The molecule has 0 saturated carbocycles. The lowest BCUT2D eigenvalue weighted by Gasteiger charge is -2.38. The van der Waals surface area contributed by atoms with Gasteiger partial charge in [0.25, 0.3) is 11.7 Å². The number of benzene rings is 3. The zero-order valence-corrected chi connectivity index (χ0v) is 38.4. The Kier molecular flexibility index (Phi) is 15.0. The Labute approximate surface area is 379 Å². The Morgan fingerprint density at radius 1 is 0.923 bits per heavy atom. The number of carbonyl (C=O) groups excluding carboxylic acids is 3. The molecule has 65 heavy (non-hydrogen) atoms. The molecule has 16 heteroatoms. The summed E-state index contributed by atoms with van der Waals surface area (Å²) < 4.78 is 23.7. The number of amides is 1. The van der Waals surface area contributed by atoms with Gasteiger partial charge in [-0.05, 0) is 25.5 Å². The summed E-state index contributed by atoms with van der Waals surface area (Å²) in [5, 5.41) is 67.5. The van der Waals surface area contributed by atoms with Crippen molar-refractivity contribution < 1.29 is 58.9 Å². The number of esters is 1. The van der Waals surface area contributed by atoms with E-state index in [-0.39, 0.29) is 44.5 Å². The average molecular weight is 899 g/mol. The Balaban J connectivity index is 1.46. The molecular weight excluding hydrogens is 837 g/mol. The normalized spacial score (nSPS) is 30.1. The van der Waals surface area contributed by atoms with Gasteiger partial charge in [0, 0.05) is 93.9 Å². The molecule has 1 saturated heterocycles. The molecule has 9 atom stereocenters. The van der Waals surface area contributed by atoms with Gasteiger partial charge in [0.1, 0.15) is 23.4 Å². The number of aromatic hydroxyl groups is 3. The number of phenolic OH excluding ortho intramolecular Hbond substituents is 3. The number of Topliss-reactive ketones (excluding diaryl/α,β-unsaturated/α-hetero) is 1. The van der Waals surface area contributed by atoms with Crippen LogP contribution in [0.25, 0.3) is 10.8 Å². The molecule has 6 N–H and O–H groups in total. The summed E-state index contributed by atoms with van der Waals surface area (Å²) in [6, 6.07) is 10.1. The van der Waals surface area contributed by atoms with Crippen LogP contribution in [0.5, 0.6) is 23.0 Å². The van der Waals surface area contributed by atoms with Gasteiger partial charge in [-0.15, -0.1) is 0 Å². The first-order chi connectivity index (χ1) is 30.8. The highest BCUT2D eigenvalue weighted by atomic mass is 16.7. The average Bonchev–Trinajstić information content (AvgIpc) is 3.55. The Bertz CT molecular complexity index is 2390. The topological polar surface area (TPSA) is 220 Å². The molecule has 1 amide bonds. The lowest BCUT2D eigenvalue weighted by atomic mass is 9.78. The van der Waals surface area contributed by atoms with Gasteiger partial charge in [-0.2, -0.15) is 5.10 Å². The van der Waals surface area contributed by atoms with E-state index in [1.54, 1.807) is 44.9 Å². The van der Waals surface area contributed by atoms with Gasteiger partial charge in [0.05, 0.1) is 53.0 Å². The fraction of sp³-hybridized carbons (Fsp3) is 0.469. The van der Waals surface area contributed by atoms with Crippen molar-refractivity contribution in [2.45, 2.75) is 92.1 Å². The number of nitrogens with one attached hydrogen (secondary N) is 1. The van der Waals surface area contributed by atoms with Crippen molar-refractivity contribution >= 4 is 40.3 Å². The molecule has 0 spiro atoms. The number of hydrogen-bond donors (Lipinski definition) is 6. The number of rotatable bonds is 6. The van der Waals surface area contributed by atoms with E-state index in [9.17, 15) is 39.9 Å². The number of nitrogens with zero attached hydrogens (tertiary/aromatic N) is 3. The van der Waals surface area contributed by atoms with E-state index in [4.69, 9.17) is 18.9 Å². The van der Waals surface area contributed by atoms with E-state index in [0.29, 0.717) is 26.2 Å². The maximum absolute atomic E-state index is 14.6. The predicted octanol–water partition coefficient (Wildman–Crippen LogP) is 5.91. The number of ether oxygens (including phenoxy) is 4. The van der Waals surface area contributed by atoms with Crippen molar-refractivity contribution in [3.63, 3.8) is 0 Å². The molecule has 0 unspecified atom stereocenters. The van der Waals surface area contributed by atoms with E-state index in [1.165, 1.54) is 65.0 Å². The van der Waals surface area contributed by atoms with Crippen molar-refractivity contribution in [3.8, 4) is 23.0 Å². The van der Waals surface area contributed by atoms with Crippen LogP contribution in [0, 0.1) is 30.6 Å². The van der Waals surface area contributed by atoms with E-state index < -0.39 is 88.8 Å². The number of allylic oxidation sites excluding steroid dienone is 2. The van der Waals surface area contributed by atoms with Gasteiger partial charge in [0.2, 0.25) is 0 Å². The minimum atomic E-state index is -2.06. The Morgan fingerprint density at radius 2 is 1.60 bits per heavy atom. The number of fused-ring (bicyclic) bond motifs is 14. The van der Waals surface area contributed by atoms with Crippen molar-refractivity contribution in [1.82, 2.24) is 9.91 Å². The standard InChI is InChI=1S/C49H62N4O12/c1-26-14-13-15-27(2)48(61)51-39-34(24-50-53-21-19-52(20-22-53)25-33-16-11-10-12-17-33)43(58)36-37(44(39)59)42(57)31(6)46-38(36)47(60)49(8,65-46)63-23-18-35(62-9)28(3)45(64-32(7)54)30(5)41(56)29(4)40(26)55/h10-18,23-24,26,28-30,35,40-41,45,55-59H,19-22,25H2,1-9H3,(H,51,61)/b14-13+,23-18+,27-15-,50-24-/t26-,28-,29-,30-,35+,40+,41+,45-,49+/m1/s1. The number of aliphatic hydroxyl groups is 2. The SMILES string of the molecule is CO[C@H]1/C=C/O[C@@]2(C)Oc3c(C)c(O)c4c(O)c(c(/C=N\N5CCN(Cc6ccccc6)CC5)c(O)c4c3C2=O)NC(=O)/C(C)=C\C=C\[C@@H](C)[C@H](O)[C@@H](C)[C@H](O)[C@@H](C)[C@H](OC(C)=O)[C@@H]1C. The molecule has 7 rings (SSSR count). The van der Waals surface area contributed by atoms with Crippen LogP contribution < -0.4 is 10.1 Å². The van der Waals surface area contributed by atoms with Crippen LogP contribution in [0.4, 0.5) is 5.69 Å². The van der Waals surface area contributed by atoms with Crippen LogP contribution in [0.1, 0.15) is 75.5 Å². The molecule has 0 aromatic heterocycles. The van der Waals surface area contributed by atoms with Crippen LogP contribution in [0.2, 0.25) is 0 Å². The third-order valence-corrected chi connectivity index (χ3v) is 13.0. The van der Waals surface area contributed by atoms with E-state index in [1.807, 2.05) is 18.2 Å². The predicted molar refractivity (Wildman–Crippen MR) is 245 cm³/mol. The van der Waals surface area contributed by atoms with Crippen LogP contribution in [-0.2, 0) is 30.3 Å². The van der Waals surface area contributed by atoms with Crippen molar-refractivity contribution in [2.75, 3.05) is 38.6 Å². The summed E-state index contributed by atoms with van der Waals surface area (Å²) in [5.74, 6) is -8.42. The molecule has 16 nitrogen and oxygen atoms in total. The summed E-state index contributed by atoms with van der Waals surface area (Å²) in [5.41, 5.74) is 0.808. The molecule has 4 aliphatic heterocycles. The van der Waals surface area contributed by atoms with Crippen molar-refractivity contribution in [2.24, 2.45) is 28.8 Å². The smallest absolute Gasteiger partial charge is 0.312 e. The van der Waals surface area contributed by atoms with Crippen LogP contribution in [0.3, 0.4) is 0 Å². The monoisotopic (exact) mass is 898 g/mol. The maximum Gasteiger partial charge on any atom is 0.312 e. The first-order valence-electron chi connectivity index (χ1n) is 21.9. The lowest BCUT2D eigenvalue weighted by molar-refractivity contribution is -0.160. The molecule has 4 aliphatic rings. The van der Waals surface area contributed by atoms with Gasteiger partial charge >= 0.3 is 11.8 Å². The molecule has 4 heterocycles. The summed E-state index contributed by atoms with van der Waals surface area (Å²) >= 11 is 0. The summed E-state index contributed by atoms with van der Waals surface area (Å²) in [6.45, 7) is 15.8. The van der Waals surface area contributed by atoms with E-state index >= 15 is 0 Å². The fourth-order valence-corrected chi connectivity index (χ4v) is 8.86. The van der Waals surface area contributed by atoms with Crippen molar-refractivity contribution in [1.29, 1.82) is 0 Å². The highest BCUT2D eigenvalue weighted by Crippen LogP contribution is 2.55. The number of aliphatic hydroxyl groups excluding tert-OH is 2. The van der Waals surface area contributed by atoms with Gasteiger partial charge in [0.15, 0.2) is 5.75 Å². The van der Waals surface area contributed by atoms with Crippen LogP contribution in [0.15, 0.2) is 71.6 Å². The first kappa shape index (κ1) is 48.5. The van der Waals surface area contributed by atoms with Gasteiger partial charge in [-0.1, -0.05) is 76.3 Å². The second-order valence-corrected chi connectivity index (χ2v) is 17.6. The molecule has 0 aliphatic carbocycles. The van der Waals surface area contributed by atoms with E-state index in [0.717, 1.165) is 6.54 Å². The molecule has 3 aromatic rings. The zero-order valence-electron chi connectivity index (χ0n) is 38.4. The number of hydrogen-bond acceptors (Lipinski definition) is 15. The molecule has 350 valence electrons. The second-order valence-electron chi connectivity index (χ2n) is 17.6. The summed E-state index contributed by atoms with van der Waals surface area (Å²) in [7, 11) is 1.44. The summed E-state index contributed by atoms with van der Waals surface area (Å²) in [4.78, 5) is 43.1. The third-order valence-electron chi connectivity index (χ3n) is 13.0. The van der Waals surface area contributed by atoms with Crippen molar-refractivity contribution in [3.05, 3.63) is 88.7 Å². The fourth-order valence-electron chi connectivity index (χ4n) is 8.86. The number of carbonyl (C=O) groups is 3. The third kappa shape index (κ3) is 10.0. The maximum atomic E-state index is 14.6. The Hall–Kier alpha value is -5.94. The van der Waals surface area contributed by atoms with Crippen LogP contribution in [-0.4, -0.2) is 123 Å². The minimum Gasteiger partial charge on any atom is -0.507 e. The summed E-state index contributed by atoms with van der Waals surface area (Å²) in [6.07, 6.45) is 4.87. The molecule has 3 aromatic carbocycles. The quantitative estimate of drug-likeness (QED) is 0.0734.